The molecule has 0 atom stereocenters. The third-order valence-corrected chi connectivity index (χ3v) is 4.96. The van der Waals surface area contributed by atoms with Crippen LogP contribution in [0.5, 0.6) is 5.75 Å². The molecule has 0 bridgehead atoms. The van der Waals surface area contributed by atoms with Gasteiger partial charge in [0.05, 0.1) is 17.1 Å². The number of rotatable bonds is 4. The van der Waals surface area contributed by atoms with Crippen LogP contribution < -0.4 is 10.4 Å². The number of carbonyl (C=O) groups excluding carboxylic acids is 1. The fourth-order valence-corrected chi connectivity index (χ4v) is 3.49. The van der Waals surface area contributed by atoms with Crippen LogP contribution in [0.25, 0.3) is 11.3 Å². The maximum atomic E-state index is 12.8. The Morgan fingerprint density at radius 2 is 1.93 bits per heavy atom. The zero-order chi connectivity index (χ0) is 19.7. The number of aryl methyl sites for hydroxylation is 1. The third kappa shape index (κ3) is 3.49. The molecule has 1 aliphatic rings. The number of benzene rings is 2. The molecule has 0 fully saturated rings. The molecular weight excluding hydrogens is 374 g/mol. The van der Waals surface area contributed by atoms with Gasteiger partial charge < -0.3 is 5.11 Å². The lowest BCUT2D eigenvalue weighted by atomic mass is 10.1. The summed E-state index contributed by atoms with van der Waals surface area (Å²) in [6, 6.07) is 14.4. The quantitative estimate of drug-likeness (QED) is 0.519. The van der Waals surface area contributed by atoms with Gasteiger partial charge in [0, 0.05) is 10.9 Å². The molecule has 4 rings (SSSR count). The fraction of sp³-hybridized carbons (Fsp3) is 0.100. The zero-order valence-corrected chi connectivity index (χ0v) is 16.1. The third-order valence-electron chi connectivity index (χ3n) is 4.14. The van der Waals surface area contributed by atoms with Gasteiger partial charge in [-0.25, -0.2) is 4.98 Å². The predicted octanol–water partition coefficient (Wildman–Crippen LogP) is 4.01. The molecule has 0 saturated carbocycles. The van der Waals surface area contributed by atoms with Crippen LogP contribution in [-0.2, 0) is 4.79 Å². The number of aromatic hydroxyl groups is 1. The molecular formula is C20H17N5O2S. The molecule has 2 N–H and O–H groups in total. The van der Waals surface area contributed by atoms with E-state index < -0.39 is 0 Å². The molecule has 1 aliphatic heterocycles. The maximum absolute atomic E-state index is 12.8. The van der Waals surface area contributed by atoms with Crippen molar-refractivity contribution in [2.45, 2.75) is 13.8 Å². The largest absolute Gasteiger partial charge is 0.508 e. The van der Waals surface area contributed by atoms with E-state index in [1.165, 1.54) is 28.5 Å². The van der Waals surface area contributed by atoms with Gasteiger partial charge in [-0.3, -0.25) is 10.2 Å². The van der Waals surface area contributed by atoms with Crippen molar-refractivity contribution in [3.05, 3.63) is 59.5 Å². The molecule has 140 valence electrons. The monoisotopic (exact) mass is 391 g/mol. The first kappa shape index (κ1) is 17.9. The maximum Gasteiger partial charge on any atom is 0.303 e. The van der Waals surface area contributed by atoms with E-state index in [4.69, 9.17) is 0 Å². The van der Waals surface area contributed by atoms with Crippen molar-refractivity contribution < 1.29 is 9.90 Å². The molecule has 28 heavy (non-hydrogen) atoms. The SMILES string of the molecule is CC1=NN(c2nc(-c3cccc(C)c3)cs2)C(=O)/C1=N\Nc1ccc(O)cc1. The number of amides is 1. The number of carbonyl (C=O) groups is 1. The number of aromatic nitrogens is 1. The lowest BCUT2D eigenvalue weighted by Crippen LogP contribution is -2.27. The van der Waals surface area contributed by atoms with Crippen LogP contribution in [0.2, 0.25) is 0 Å². The number of nitrogens with zero attached hydrogens (tertiary/aromatic N) is 4. The molecule has 0 radical (unpaired) electrons. The normalized spacial score (nSPS) is 15.2. The second-order valence-electron chi connectivity index (χ2n) is 6.31. The standard InChI is InChI=1S/C20H17N5O2S/c1-12-4-3-5-14(10-12)17-11-28-20(21-17)25-19(27)18(13(2)24-25)23-22-15-6-8-16(26)9-7-15/h3-11,22,26H,1-2H3/b23-18-. The van der Waals surface area contributed by atoms with Crippen LogP contribution >= 0.6 is 11.3 Å². The molecule has 0 aliphatic carbocycles. The molecule has 7 nitrogen and oxygen atoms in total. The van der Waals surface area contributed by atoms with Crippen molar-refractivity contribution in [2.24, 2.45) is 10.2 Å². The average molecular weight is 391 g/mol. The van der Waals surface area contributed by atoms with E-state index in [0.717, 1.165) is 16.8 Å². The molecule has 1 amide bonds. The number of phenols is 1. The molecule has 8 heteroatoms. The highest BCUT2D eigenvalue weighted by Crippen LogP contribution is 2.29. The number of nitrogens with one attached hydrogen (secondary N) is 1. The first-order valence-electron chi connectivity index (χ1n) is 8.56. The van der Waals surface area contributed by atoms with Crippen molar-refractivity contribution in [2.75, 3.05) is 10.4 Å². The summed E-state index contributed by atoms with van der Waals surface area (Å²) in [5, 5.41) is 21.5. The smallest absolute Gasteiger partial charge is 0.303 e. The van der Waals surface area contributed by atoms with Crippen molar-refractivity contribution in [3.63, 3.8) is 0 Å². The summed E-state index contributed by atoms with van der Waals surface area (Å²) in [6.07, 6.45) is 0. The van der Waals surface area contributed by atoms with Crippen molar-refractivity contribution in [3.8, 4) is 17.0 Å². The Labute approximate surface area is 165 Å². The van der Waals surface area contributed by atoms with E-state index >= 15 is 0 Å². The summed E-state index contributed by atoms with van der Waals surface area (Å²) in [4.78, 5) is 17.3. The Morgan fingerprint density at radius 3 is 2.68 bits per heavy atom. The minimum Gasteiger partial charge on any atom is -0.508 e. The van der Waals surface area contributed by atoms with E-state index in [-0.39, 0.29) is 17.4 Å². The van der Waals surface area contributed by atoms with Gasteiger partial charge in [0.1, 0.15) is 5.75 Å². The summed E-state index contributed by atoms with van der Waals surface area (Å²) in [5.41, 5.74) is 7.14. The first-order chi connectivity index (χ1) is 13.5. The Bertz CT molecular complexity index is 1100. The van der Waals surface area contributed by atoms with Gasteiger partial charge in [-0.1, -0.05) is 23.8 Å². The predicted molar refractivity (Wildman–Crippen MR) is 112 cm³/mol. The highest BCUT2D eigenvalue weighted by atomic mass is 32.1. The number of hydrogen-bond acceptors (Lipinski definition) is 7. The molecule has 3 aromatic rings. The molecule has 1 aromatic heterocycles. The Morgan fingerprint density at radius 1 is 1.14 bits per heavy atom. The lowest BCUT2D eigenvalue weighted by Gasteiger charge is -2.06. The summed E-state index contributed by atoms with van der Waals surface area (Å²) in [6.45, 7) is 3.75. The van der Waals surface area contributed by atoms with Gasteiger partial charge in [-0.05, 0) is 44.2 Å². The highest BCUT2D eigenvalue weighted by molar-refractivity contribution is 7.14. The second kappa shape index (κ2) is 7.24. The van der Waals surface area contributed by atoms with E-state index in [1.54, 1.807) is 19.1 Å². The van der Waals surface area contributed by atoms with Crippen molar-refractivity contribution in [1.29, 1.82) is 0 Å². The number of phenolic OH excluding ortho intramolecular Hbond substituents is 1. The van der Waals surface area contributed by atoms with Crippen molar-refractivity contribution in [1.82, 2.24) is 4.98 Å². The molecule has 0 spiro atoms. The fourth-order valence-electron chi connectivity index (χ4n) is 2.71. The van der Waals surface area contributed by atoms with Crippen LogP contribution in [0.3, 0.4) is 0 Å². The summed E-state index contributed by atoms with van der Waals surface area (Å²) in [7, 11) is 0. The van der Waals surface area contributed by atoms with Crippen LogP contribution in [0.15, 0.2) is 64.1 Å². The van der Waals surface area contributed by atoms with Gasteiger partial charge in [0.15, 0.2) is 5.71 Å². The number of anilines is 2. The van der Waals surface area contributed by atoms with E-state index in [1.807, 2.05) is 36.6 Å². The average Bonchev–Trinajstić information content (AvgIpc) is 3.27. The second-order valence-corrected chi connectivity index (χ2v) is 7.14. The minimum atomic E-state index is -0.339. The lowest BCUT2D eigenvalue weighted by molar-refractivity contribution is -0.112. The zero-order valence-electron chi connectivity index (χ0n) is 15.2. The number of thiazole rings is 1. The van der Waals surface area contributed by atoms with E-state index in [9.17, 15) is 9.90 Å². The number of hydrogen-bond donors (Lipinski definition) is 2. The minimum absolute atomic E-state index is 0.159. The molecule has 2 aromatic carbocycles. The van der Waals surface area contributed by atoms with Gasteiger partial charge in [-0.2, -0.15) is 15.2 Å². The Balaban J connectivity index is 1.55. The van der Waals surface area contributed by atoms with Crippen LogP contribution in [0, 0.1) is 6.92 Å². The Hall–Kier alpha value is -3.52. The van der Waals surface area contributed by atoms with Crippen LogP contribution in [0.1, 0.15) is 12.5 Å². The van der Waals surface area contributed by atoms with E-state index in [0.29, 0.717) is 16.5 Å². The highest BCUT2D eigenvalue weighted by Gasteiger charge is 2.32. The number of hydrazone groups is 2. The van der Waals surface area contributed by atoms with Crippen LogP contribution in [-0.4, -0.2) is 27.4 Å². The van der Waals surface area contributed by atoms with Gasteiger partial charge in [0.25, 0.3) is 0 Å². The van der Waals surface area contributed by atoms with Crippen LogP contribution in [0.4, 0.5) is 10.8 Å². The first-order valence-corrected chi connectivity index (χ1v) is 9.44. The van der Waals surface area contributed by atoms with Crippen molar-refractivity contribution >= 4 is 39.5 Å². The van der Waals surface area contributed by atoms with Gasteiger partial charge >= 0.3 is 5.91 Å². The molecule has 0 unspecified atom stereocenters. The summed E-state index contributed by atoms with van der Waals surface area (Å²) < 4.78 is 0. The topological polar surface area (TPSA) is 90.2 Å². The summed E-state index contributed by atoms with van der Waals surface area (Å²) in [5.74, 6) is -0.179. The van der Waals surface area contributed by atoms with Gasteiger partial charge in [0.2, 0.25) is 5.13 Å². The molecule has 0 saturated heterocycles. The molecule has 2 heterocycles. The summed E-state index contributed by atoms with van der Waals surface area (Å²) >= 11 is 1.36. The van der Waals surface area contributed by atoms with Gasteiger partial charge in [-0.15, -0.1) is 11.3 Å². The Kier molecular flexibility index (Phi) is 4.62. The van der Waals surface area contributed by atoms with E-state index in [2.05, 4.69) is 20.6 Å².